The number of ether oxygens (including phenoxy) is 1. The van der Waals surface area contributed by atoms with E-state index >= 15 is 0 Å². The smallest absolute Gasteiger partial charge is 0.240 e. The number of carbonyl (C=O) groups excluding carboxylic acids is 1. The molecular formula is C15H21ClN2O2. The van der Waals surface area contributed by atoms with Crippen LogP contribution in [0.1, 0.15) is 13.3 Å². The Morgan fingerprint density at radius 1 is 1.55 bits per heavy atom. The fourth-order valence-corrected chi connectivity index (χ4v) is 2.73. The molecule has 110 valence electrons. The number of anilines is 1. The molecule has 1 unspecified atom stereocenters. The number of hydrogen-bond acceptors (Lipinski definition) is 3. The first-order valence-electron chi connectivity index (χ1n) is 6.83. The van der Waals surface area contributed by atoms with E-state index in [-0.39, 0.29) is 5.91 Å². The van der Waals surface area contributed by atoms with Gasteiger partial charge in [0.25, 0.3) is 0 Å². The largest absolute Gasteiger partial charge is 0.495 e. The van der Waals surface area contributed by atoms with Crippen LogP contribution in [0.5, 0.6) is 5.75 Å². The Balaban J connectivity index is 2.01. The number of benzene rings is 1. The van der Waals surface area contributed by atoms with Crippen LogP contribution in [0, 0.1) is 5.92 Å². The van der Waals surface area contributed by atoms with Crippen LogP contribution < -0.4 is 9.64 Å². The van der Waals surface area contributed by atoms with Crippen molar-refractivity contribution in [2.45, 2.75) is 13.3 Å². The normalized spacial score (nSPS) is 19.1. The van der Waals surface area contributed by atoms with Gasteiger partial charge in [0, 0.05) is 19.3 Å². The van der Waals surface area contributed by atoms with Crippen molar-refractivity contribution in [3.63, 3.8) is 0 Å². The molecule has 0 saturated carbocycles. The zero-order valence-corrected chi connectivity index (χ0v) is 13.0. The molecular weight excluding hydrogens is 276 g/mol. The number of methoxy groups -OCH3 is 1. The molecule has 2 rings (SSSR count). The van der Waals surface area contributed by atoms with Gasteiger partial charge in [0.15, 0.2) is 0 Å². The number of nitrogens with zero attached hydrogens (tertiary/aromatic N) is 2. The Morgan fingerprint density at radius 2 is 2.30 bits per heavy atom. The van der Waals surface area contributed by atoms with Crippen molar-refractivity contribution in [3.8, 4) is 5.75 Å². The lowest BCUT2D eigenvalue weighted by Gasteiger charge is -2.22. The summed E-state index contributed by atoms with van der Waals surface area (Å²) in [6.45, 7) is 4.69. The topological polar surface area (TPSA) is 32.8 Å². The maximum atomic E-state index is 12.3. The molecule has 0 bridgehead atoms. The van der Waals surface area contributed by atoms with Crippen LogP contribution >= 0.6 is 11.6 Å². The van der Waals surface area contributed by atoms with Gasteiger partial charge in [0.05, 0.1) is 18.7 Å². The molecule has 1 aromatic carbocycles. The van der Waals surface area contributed by atoms with Crippen molar-refractivity contribution < 1.29 is 9.53 Å². The predicted octanol–water partition coefficient (Wildman–Crippen LogP) is 2.65. The molecule has 0 spiro atoms. The highest BCUT2D eigenvalue weighted by Gasteiger charge is 2.22. The minimum absolute atomic E-state index is 0.0836. The number of hydrogen-bond donors (Lipinski definition) is 0. The number of likely N-dealkylation sites (tertiary alicyclic amines) is 1. The van der Waals surface area contributed by atoms with Gasteiger partial charge in [-0.2, -0.15) is 0 Å². The van der Waals surface area contributed by atoms with Crippen LogP contribution in [0.15, 0.2) is 18.2 Å². The highest BCUT2D eigenvalue weighted by molar-refractivity contribution is 6.32. The van der Waals surface area contributed by atoms with Gasteiger partial charge >= 0.3 is 0 Å². The van der Waals surface area contributed by atoms with E-state index in [2.05, 4.69) is 11.8 Å². The first-order chi connectivity index (χ1) is 9.51. The van der Waals surface area contributed by atoms with E-state index < -0.39 is 0 Å². The summed E-state index contributed by atoms with van der Waals surface area (Å²) in [5.74, 6) is 1.38. The number of likely N-dealkylation sites (N-methyl/N-ethyl adjacent to an activating group) is 1. The summed E-state index contributed by atoms with van der Waals surface area (Å²) < 4.78 is 5.12. The van der Waals surface area contributed by atoms with E-state index in [0.29, 0.717) is 23.2 Å². The monoisotopic (exact) mass is 296 g/mol. The first-order valence-corrected chi connectivity index (χ1v) is 7.21. The second-order valence-corrected chi connectivity index (χ2v) is 5.81. The maximum absolute atomic E-state index is 12.3. The van der Waals surface area contributed by atoms with E-state index in [1.165, 1.54) is 6.42 Å². The fourth-order valence-electron chi connectivity index (χ4n) is 2.48. The van der Waals surface area contributed by atoms with Crippen molar-refractivity contribution in [3.05, 3.63) is 23.2 Å². The Bertz CT molecular complexity index is 493. The van der Waals surface area contributed by atoms with E-state index in [9.17, 15) is 4.79 Å². The van der Waals surface area contributed by atoms with E-state index in [1.54, 1.807) is 31.2 Å². The maximum Gasteiger partial charge on any atom is 0.240 e. The quantitative estimate of drug-likeness (QED) is 0.856. The van der Waals surface area contributed by atoms with E-state index in [0.717, 1.165) is 18.8 Å². The second kappa shape index (κ2) is 6.46. The predicted molar refractivity (Wildman–Crippen MR) is 81.6 cm³/mol. The molecule has 5 heteroatoms. The SMILES string of the molecule is COc1ccc(N(C)C(=O)CN2CCC(C)C2)cc1Cl. The van der Waals surface area contributed by atoms with Crippen LogP contribution in [-0.2, 0) is 4.79 Å². The molecule has 1 atom stereocenters. The third-order valence-electron chi connectivity index (χ3n) is 3.76. The van der Waals surface area contributed by atoms with Crippen LogP contribution in [-0.4, -0.2) is 44.6 Å². The lowest BCUT2D eigenvalue weighted by Crippen LogP contribution is -2.37. The van der Waals surface area contributed by atoms with Crippen molar-refractivity contribution in [1.82, 2.24) is 4.90 Å². The molecule has 1 aliphatic rings. The van der Waals surface area contributed by atoms with Crippen molar-refractivity contribution in [1.29, 1.82) is 0 Å². The van der Waals surface area contributed by atoms with Crippen LogP contribution in [0.2, 0.25) is 5.02 Å². The highest BCUT2D eigenvalue weighted by atomic mass is 35.5. The molecule has 1 aromatic rings. The number of carbonyl (C=O) groups is 1. The zero-order chi connectivity index (χ0) is 14.7. The number of halogens is 1. The Hall–Kier alpha value is -1.26. The standard InChI is InChI=1S/C15H21ClN2O2/c1-11-6-7-18(9-11)10-15(19)17(2)12-4-5-14(20-3)13(16)8-12/h4-5,8,11H,6-7,9-10H2,1-3H3. The first kappa shape index (κ1) is 15.1. The molecule has 1 heterocycles. The Labute approximate surface area is 125 Å². The molecule has 1 aliphatic heterocycles. The molecule has 0 radical (unpaired) electrons. The van der Waals surface area contributed by atoms with Gasteiger partial charge in [-0.25, -0.2) is 0 Å². The van der Waals surface area contributed by atoms with E-state index in [1.807, 2.05) is 6.07 Å². The van der Waals surface area contributed by atoms with Crippen LogP contribution in [0.4, 0.5) is 5.69 Å². The Morgan fingerprint density at radius 3 is 2.85 bits per heavy atom. The van der Waals surface area contributed by atoms with Crippen LogP contribution in [0.3, 0.4) is 0 Å². The summed E-state index contributed by atoms with van der Waals surface area (Å²) in [7, 11) is 3.35. The van der Waals surface area contributed by atoms with Gasteiger partial charge < -0.3 is 9.64 Å². The van der Waals surface area contributed by atoms with E-state index in [4.69, 9.17) is 16.3 Å². The molecule has 1 fully saturated rings. The van der Waals surface area contributed by atoms with Gasteiger partial charge in [0.1, 0.15) is 5.75 Å². The summed E-state index contributed by atoms with van der Waals surface area (Å²) >= 11 is 6.09. The van der Waals surface area contributed by atoms with Gasteiger partial charge in [-0.3, -0.25) is 9.69 Å². The summed E-state index contributed by atoms with van der Waals surface area (Å²) in [5, 5.41) is 0.513. The zero-order valence-electron chi connectivity index (χ0n) is 12.2. The molecule has 0 aliphatic carbocycles. The third kappa shape index (κ3) is 3.44. The lowest BCUT2D eigenvalue weighted by molar-refractivity contribution is -0.119. The molecule has 0 N–H and O–H groups in total. The second-order valence-electron chi connectivity index (χ2n) is 5.40. The van der Waals surface area contributed by atoms with Gasteiger partial charge in [-0.05, 0) is 37.1 Å². The third-order valence-corrected chi connectivity index (χ3v) is 4.06. The van der Waals surface area contributed by atoms with Crippen LogP contribution in [0.25, 0.3) is 0 Å². The van der Waals surface area contributed by atoms with Gasteiger partial charge in [-0.15, -0.1) is 0 Å². The molecule has 1 amide bonds. The highest BCUT2D eigenvalue weighted by Crippen LogP contribution is 2.28. The van der Waals surface area contributed by atoms with Crippen molar-refractivity contribution in [2.75, 3.05) is 38.7 Å². The minimum Gasteiger partial charge on any atom is -0.495 e. The van der Waals surface area contributed by atoms with Crippen molar-refractivity contribution >= 4 is 23.2 Å². The molecule has 1 saturated heterocycles. The van der Waals surface area contributed by atoms with Crippen molar-refractivity contribution in [2.24, 2.45) is 5.92 Å². The summed E-state index contributed by atoms with van der Waals surface area (Å²) in [6, 6.07) is 5.37. The minimum atomic E-state index is 0.0836. The molecule has 4 nitrogen and oxygen atoms in total. The average molecular weight is 297 g/mol. The van der Waals surface area contributed by atoms with Gasteiger partial charge in [0.2, 0.25) is 5.91 Å². The lowest BCUT2D eigenvalue weighted by atomic mass is 10.2. The van der Waals surface area contributed by atoms with Gasteiger partial charge in [-0.1, -0.05) is 18.5 Å². The molecule has 0 aromatic heterocycles. The summed E-state index contributed by atoms with van der Waals surface area (Å²) in [4.78, 5) is 16.1. The number of amides is 1. The molecule has 20 heavy (non-hydrogen) atoms. The fraction of sp³-hybridized carbons (Fsp3) is 0.533. The number of rotatable bonds is 4. The summed E-state index contributed by atoms with van der Waals surface area (Å²) in [5.41, 5.74) is 0.785. The Kier molecular flexibility index (Phi) is 4.89. The average Bonchev–Trinajstić information content (AvgIpc) is 2.83. The summed E-state index contributed by atoms with van der Waals surface area (Å²) in [6.07, 6.45) is 1.17.